The van der Waals surface area contributed by atoms with Gasteiger partial charge in [0.05, 0.1) is 13.2 Å². The van der Waals surface area contributed by atoms with Gasteiger partial charge in [0, 0.05) is 37.5 Å². The summed E-state index contributed by atoms with van der Waals surface area (Å²) in [6, 6.07) is 21.6. The molecular formula is C27H29N3O3. The smallest absolute Gasteiger partial charge is 0.254 e. The molecule has 1 N–H and O–H groups in total. The van der Waals surface area contributed by atoms with E-state index in [9.17, 15) is 9.59 Å². The second-order valence-corrected chi connectivity index (χ2v) is 8.26. The lowest BCUT2D eigenvalue weighted by molar-refractivity contribution is -0.157. The molecule has 1 unspecified atom stereocenters. The monoisotopic (exact) mass is 443 g/mol. The van der Waals surface area contributed by atoms with Gasteiger partial charge in [0.25, 0.3) is 11.8 Å². The maximum atomic E-state index is 13.5. The molecule has 6 heteroatoms. The van der Waals surface area contributed by atoms with Crippen LogP contribution in [-0.2, 0) is 16.0 Å². The Balaban J connectivity index is 1.67. The SMILES string of the molecule is CCCNC(=O)C1(Cc2ccccc2-c2ccccc2)CN(C(=O)c2ccncc2)CCO1. The number of carbonyl (C=O) groups excluding carboxylic acids is 2. The minimum absolute atomic E-state index is 0.121. The number of amides is 2. The van der Waals surface area contributed by atoms with Gasteiger partial charge in [-0.2, -0.15) is 0 Å². The van der Waals surface area contributed by atoms with Crippen LogP contribution in [0.15, 0.2) is 79.1 Å². The van der Waals surface area contributed by atoms with Crippen LogP contribution in [0, 0.1) is 0 Å². The molecule has 1 aliphatic heterocycles. The van der Waals surface area contributed by atoms with E-state index in [0.717, 1.165) is 23.1 Å². The van der Waals surface area contributed by atoms with Crippen LogP contribution in [0.4, 0.5) is 0 Å². The van der Waals surface area contributed by atoms with Crippen molar-refractivity contribution in [3.05, 3.63) is 90.3 Å². The first-order valence-electron chi connectivity index (χ1n) is 11.4. The average molecular weight is 444 g/mol. The molecule has 0 spiro atoms. The molecule has 2 heterocycles. The number of hydrogen-bond acceptors (Lipinski definition) is 4. The first kappa shape index (κ1) is 22.7. The lowest BCUT2D eigenvalue weighted by Gasteiger charge is -2.42. The fraction of sp³-hybridized carbons (Fsp3) is 0.296. The number of carbonyl (C=O) groups is 2. The second-order valence-electron chi connectivity index (χ2n) is 8.26. The third-order valence-electron chi connectivity index (χ3n) is 5.93. The fourth-order valence-corrected chi connectivity index (χ4v) is 4.24. The third-order valence-corrected chi connectivity index (χ3v) is 5.93. The lowest BCUT2D eigenvalue weighted by atomic mass is 9.87. The highest BCUT2D eigenvalue weighted by molar-refractivity contribution is 5.95. The van der Waals surface area contributed by atoms with E-state index in [2.05, 4.69) is 28.5 Å². The maximum Gasteiger partial charge on any atom is 0.254 e. The van der Waals surface area contributed by atoms with Crippen molar-refractivity contribution in [2.75, 3.05) is 26.2 Å². The fourth-order valence-electron chi connectivity index (χ4n) is 4.24. The van der Waals surface area contributed by atoms with Crippen LogP contribution in [0.3, 0.4) is 0 Å². The summed E-state index contributed by atoms with van der Waals surface area (Å²) in [7, 11) is 0. The molecule has 1 atom stereocenters. The van der Waals surface area contributed by atoms with Crippen LogP contribution in [0.25, 0.3) is 11.1 Å². The molecule has 6 nitrogen and oxygen atoms in total. The zero-order valence-electron chi connectivity index (χ0n) is 18.9. The molecule has 170 valence electrons. The van der Waals surface area contributed by atoms with Gasteiger partial charge in [0.15, 0.2) is 5.60 Å². The van der Waals surface area contributed by atoms with Gasteiger partial charge in [-0.25, -0.2) is 0 Å². The number of hydrogen-bond donors (Lipinski definition) is 1. The number of aromatic nitrogens is 1. The topological polar surface area (TPSA) is 71.5 Å². The number of rotatable bonds is 7. The van der Waals surface area contributed by atoms with E-state index in [1.165, 1.54) is 0 Å². The van der Waals surface area contributed by atoms with Crippen LogP contribution in [0.5, 0.6) is 0 Å². The van der Waals surface area contributed by atoms with E-state index in [1.807, 2.05) is 43.3 Å². The summed E-state index contributed by atoms with van der Waals surface area (Å²) in [6.07, 6.45) is 4.39. The van der Waals surface area contributed by atoms with Crippen LogP contribution < -0.4 is 5.32 Å². The summed E-state index contributed by atoms with van der Waals surface area (Å²) in [5.74, 6) is -0.302. The van der Waals surface area contributed by atoms with Crippen molar-refractivity contribution >= 4 is 11.8 Å². The molecule has 2 aromatic carbocycles. The maximum absolute atomic E-state index is 13.5. The molecule has 1 aliphatic rings. The zero-order chi connectivity index (χ0) is 23.1. The average Bonchev–Trinajstić information content (AvgIpc) is 2.88. The van der Waals surface area contributed by atoms with E-state index in [4.69, 9.17) is 4.74 Å². The standard InChI is InChI=1S/C27H29N3O3/c1-2-14-29-26(32)27(19-23-10-6-7-11-24(23)21-8-4-3-5-9-21)20-30(17-18-33-27)25(31)22-12-15-28-16-13-22/h3-13,15-16H,2,14,17-20H2,1H3,(H,29,32). The minimum Gasteiger partial charge on any atom is -0.361 e. The Morgan fingerprint density at radius 3 is 2.52 bits per heavy atom. The second kappa shape index (κ2) is 10.4. The molecule has 0 aliphatic carbocycles. The summed E-state index contributed by atoms with van der Waals surface area (Å²) >= 11 is 0. The van der Waals surface area contributed by atoms with Crippen LogP contribution in [0.2, 0.25) is 0 Å². The quantitative estimate of drug-likeness (QED) is 0.604. The van der Waals surface area contributed by atoms with Crippen molar-refractivity contribution in [2.24, 2.45) is 0 Å². The number of morpholine rings is 1. The molecule has 2 amide bonds. The third kappa shape index (κ3) is 5.12. The van der Waals surface area contributed by atoms with Gasteiger partial charge in [-0.3, -0.25) is 14.6 Å². The highest BCUT2D eigenvalue weighted by Gasteiger charge is 2.45. The number of nitrogens with zero attached hydrogens (tertiary/aromatic N) is 2. The normalized spacial score (nSPS) is 18.0. The summed E-state index contributed by atoms with van der Waals surface area (Å²) in [6.45, 7) is 3.49. The van der Waals surface area contributed by atoms with Crippen molar-refractivity contribution in [3.8, 4) is 11.1 Å². The first-order chi connectivity index (χ1) is 16.1. The van der Waals surface area contributed by atoms with Gasteiger partial charge >= 0.3 is 0 Å². The molecule has 1 aromatic heterocycles. The molecule has 33 heavy (non-hydrogen) atoms. The lowest BCUT2D eigenvalue weighted by Crippen LogP contribution is -2.62. The Morgan fingerprint density at radius 1 is 1.03 bits per heavy atom. The molecule has 0 bridgehead atoms. The molecule has 1 fully saturated rings. The number of benzene rings is 2. The largest absolute Gasteiger partial charge is 0.361 e. The Labute approximate surface area is 194 Å². The zero-order valence-corrected chi connectivity index (χ0v) is 18.9. The van der Waals surface area contributed by atoms with E-state index >= 15 is 0 Å². The van der Waals surface area contributed by atoms with Gasteiger partial charge in [-0.05, 0) is 35.2 Å². The van der Waals surface area contributed by atoms with E-state index in [1.54, 1.807) is 29.4 Å². The molecule has 0 radical (unpaired) electrons. The molecule has 1 saturated heterocycles. The predicted molar refractivity (Wildman–Crippen MR) is 128 cm³/mol. The van der Waals surface area contributed by atoms with E-state index < -0.39 is 5.60 Å². The predicted octanol–water partition coefficient (Wildman–Crippen LogP) is 3.73. The van der Waals surface area contributed by atoms with E-state index in [-0.39, 0.29) is 18.4 Å². The van der Waals surface area contributed by atoms with Crippen LogP contribution in [0.1, 0.15) is 29.3 Å². The Morgan fingerprint density at radius 2 is 1.76 bits per heavy atom. The van der Waals surface area contributed by atoms with Crippen LogP contribution in [-0.4, -0.2) is 53.5 Å². The van der Waals surface area contributed by atoms with Gasteiger partial charge in [0.2, 0.25) is 0 Å². The molecule has 0 saturated carbocycles. The van der Waals surface area contributed by atoms with Gasteiger partial charge in [-0.15, -0.1) is 0 Å². The first-order valence-corrected chi connectivity index (χ1v) is 11.4. The Kier molecular flexibility index (Phi) is 7.15. The Hall–Kier alpha value is -3.51. The van der Waals surface area contributed by atoms with Crippen molar-refractivity contribution in [2.45, 2.75) is 25.4 Å². The van der Waals surface area contributed by atoms with Gasteiger partial charge in [0.1, 0.15) is 0 Å². The summed E-state index contributed by atoms with van der Waals surface area (Å²) in [5, 5.41) is 3.01. The van der Waals surface area contributed by atoms with Gasteiger partial charge in [-0.1, -0.05) is 61.5 Å². The van der Waals surface area contributed by atoms with Crippen molar-refractivity contribution in [1.82, 2.24) is 15.2 Å². The van der Waals surface area contributed by atoms with Crippen LogP contribution >= 0.6 is 0 Å². The van der Waals surface area contributed by atoms with Crippen molar-refractivity contribution in [3.63, 3.8) is 0 Å². The number of nitrogens with one attached hydrogen (secondary N) is 1. The highest BCUT2D eigenvalue weighted by atomic mass is 16.5. The summed E-state index contributed by atoms with van der Waals surface area (Å²) in [4.78, 5) is 32.3. The Bertz CT molecular complexity index is 1090. The molecular weight excluding hydrogens is 414 g/mol. The molecule has 4 rings (SSSR count). The van der Waals surface area contributed by atoms with Crippen molar-refractivity contribution < 1.29 is 14.3 Å². The van der Waals surface area contributed by atoms with E-state index in [0.29, 0.717) is 31.7 Å². The highest BCUT2D eigenvalue weighted by Crippen LogP contribution is 2.31. The number of ether oxygens (including phenoxy) is 1. The summed E-state index contributed by atoms with van der Waals surface area (Å²) < 4.78 is 6.22. The van der Waals surface area contributed by atoms with Crippen molar-refractivity contribution in [1.29, 1.82) is 0 Å². The summed E-state index contributed by atoms with van der Waals surface area (Å²) in [5.41, 5.74) is 2.54. The molecule has 3 aromatic rings. The number of pyridine rings is 1. The van der Waals surface area contributed by atoms with Gasteiger partial charge < -0.3 is 15.0 Å². The minimum atomic E-state index is -1.17.